The second-order valence-corrected chi connectivity index (χ2v) is 5.36. The second kappa shape index (κ2) is 8.46. The van der Waals surface area contributed by atoms with E-state index in [-0.39, 0.29) is 18.4 Å². The zero-order chi connectivity index (χ0) is 15.8. The van der Waals surface area contributed by atoms with Crippen molar-refractivity contribution in [2.24, 2.45) is 5.92 Å². The largest absolute Gasteiger partial charge is 0.481 e. The van der Waals surface area contributed by atoms with Crippen LogP contribution in [-0.2, 0) is 9.59 Å². The highest BCUT2D eigenvalue weighted by Gasteiger charge is 2.11. The molecule has 1 aromatic heterocycles. The molecule has 2 N–H and O–H groups in total. The number of amides is 1. The predicted molar refractivity (Wildman–Crippen MR) is 81.6 cm³/mol. The summed E-state index contributed by atoms with van der Waals surface area (Å²) in [5, 5.41) is 12.1. The molecule has 0 bridgehead atoms. The summed E-state index contributed by atoms with van der Waals surface area (Å²) in [6, 6.07) is 3.45. The van der Waals surface area contributed by atoms with E-state index in [2.05, 4.69) is 10.3 Å². The number of anilines is 1. The number of halogens is 1. The van der Waals surface area contributed by atoms with E-state index < -0.39 is 5.97 Å². The van der Waals surface area contributed by atoms with Crippen molar-refractivity contribution in [1.29, 1.82) is 0 Å². The van der Waals surface area contributed by atoms with Gasteiger partial charge in [0.25, 0.3) is 0 Å². The van der Waals surface area contributed by atoms with Gasteiger partial charge in [-0.25, -0.2) is 4.98 Å². The summed E-state index contributed by atoms with van der Waals surface area (Å²) < 4.78 is 0. The third-order valence-electron chi connectivity index (χ3n) is 3.04. The number of carbonyl (C=O) groups is 2. The molecule has 1 atom stereocenters. The smallest absolute Gasteiger partial charge is 0.306 e. The Balaban J connectivity index is 2.27. The van der Waals surface area contributed by atoms with Crippen molar-refractivity contribution in [2.45, 2.75) is 19.8 Å². The number of carboxylic acid groups (broad SMARTS) is 1. The second-order valence-electron chi connectivity index (χ2n) is 4.92. The summed E-state index contributed by atoms with van der Waals surface area (Å²) in [5.74, 6) is -0.663. The third-order valence-corrected chi connectivity index (χ3v) is 3.26. The van der Waals surface area contributed by atoms with Gasteiger partial charge in [0.05, 0.1) is 17.5 Å². The Bertz CT molecular complexity index is 479. The van der Waals surface area contributed by atoms with Gasteiger partial charge in [0, 0.05) is 19.8 Å². The van der Waals surface area contributed by atoms with Crippen molar-refractivity contribution in [3.05, 3.63) is 23.4 Å². The maximum absolute atomic E-state index is 11.7. The Morgan fingerprint density at radius 1 is 1.48 bits per heavy atom. The molecule has 116 valence electrons. The molecule has 1 unspecified atom stereocenters. The summed E-state index contributed by atoms with van der Waals surface area (Å²) in [6.45, 7) is 2.31. The highest BCUT2D eigenvalue weighted by Crippen LogP contribution is 2.12. The molecule has 6 nitrogen and oxygen atoms in total. The van der Waals surface area contributed by atoms with E-state index >= 15 is 0 Å². The Labute approximate surface area is 129 Å². The predicted octanol–water partition coefficient (Wildman–Crippen LogP) is 1.79. The Morgan fingerprint density at radius 3 is 2.76 bits per heavy atom. The molecule has 0 spiro atoms. The number of carbonyl (C=O) groups excluding carboxylic acids is 1. The number of carboxylic acids is 1. The molecule has 0 aliphatic heterocycles. The van der Waals surface area contributed by atoms with Crippen molar-refractivity contribution < 1.29 is 14.7 Å². The number of pyridine rings is 1. The lowest BCUT2D eigenvalue weighted by Gasteiger charge is -2.17. The Kier molecular flexibility index (Phi) is 6.94. The zero-order valence-corrected chi connectivity index (χ0v) is 12.9. The van der Waals surface area contributed by atoms with Crippen LogP contribution in [0.1, 0.15) is 19.8 Å². The number of rotatable bonds is 8. The van der Waals surface area contributed by atoms with Crippen molar-refractivity contribution in [2.75, 3.05) is 25.0 Å². The van der Waals surface area contributed by atoms with Crippen molar-refractivity contribution in [3.8, 4) is 0 Å². The van der Waals surface area contributed by atoms with Crippen LogP contribution >= 0.6 is 11.6 Å². The standard InChI is InChI=1S/C14H20ClN3O3/c1-10(14(20)21)4-3-7-16-13(19)9-18(2)12-6-5-11(15)8-17-12/h5-6,8,10H,3-4,7,9H2,1-2H3,(H,16,19)(H,20,21). The molecule has 1 rings (SSSR count). The molecule has 0 fully saturated rings. The molecule has 21 heavy (non-hydrogen) atoms. The fourth-order valence-electron chi connectivity index (χ4n) is 1.71. The van der Waals surface area contributed by atoms with Gasteiger partial charge in [-0.3, -0.25) is 9.59 Å². The van der Waals surface area contributed by atoms with Gasteiger partial charge in [-0.15, -0.1) is 0 Å². The number of hydrogen-bond donors (Lipinski definition) is 2. The molecular formula is C14H20ClN3O3. The summed E-state index contributed by atoms with van der Waals surface area (Å²) in [7, 11) is 1.77. The summed E-state index contributed by atoms with van der Waals surface area (Å²) in [5.41, 5.74) is 0. The average molecular weight is 314 g/mol. The fraction of sp³-hybridized carbons (Fsp3) is 0.500. The topological polar surface area (TPSA) is 82.5 Å². The van der Waals surface area contributed by atoms with Gasteiger partial charge in [-0.05, 0) is 25.0 Å². The molecule has 1 amide bonds. The minimum absolute atomic E-state index is 0.128. The van der Waals surface area contributed by atoms with Gasteiger partial charge < -0.3 is 15.3 Å². The van der Waals surface area contributed by atoms with Gasteiger partial charge in [-0.2, -0.15) is 0 Å². The molecule has 0 saturated carbocycles. The number of hydrogen-bond acceptors (Lipinski definition) is 4. The van der Waals surface area contributed by atoms with E-state index in [9.17, 15) is 9.59 Å². The van der Waals surface area contributed by atoms with Crippen LogP contribution in [0.5, 0.6) is 0 Å². The third kappa shape index (κ3) is 6.44. The van der Waals surface area contributed by atoms with Crippen LogP contribution in [0.2, 0.25) is 5.02 Å². The molecule has 0 aromatic carbocycles. The lowest BCUT2D eigenvalue weighted by Crippen LogP contribution is -2.36. The normalized spacial score (nSPS) is 11.8. The van der Waals surface area contributed by atoms with Crippen LogP contribution in [0.15, 0.2) is 18.3 Å². The Hall–Kier alpha value is -1.82. The zero-order valence-electron chi connectivity index (χ0n) is 12.2. The molecular weight excluding hydrogens is 294 g/mol. The lowest BCUT2D eigenvalue weighted by molar-refractivity contribution is -0.141. The summed E-state index contributed by atoms with van der Waals surface area (Å²) in [6.07, 6.45) is 2.71. The highest BCUT2D eigenvalue weighted by atomic mass is 35.5. The van der Waals surface area contributed by atoms with Crippen LogP contribution in [0.4, 0.5) is 5.82 Å². The summed E-state index contributed by atoms with van der Waals surface area (Å²) in [4.78, 5) is 28.2. The van der Waals surface area contributed by atoms with Crippen LogP contribution in [-0.4, -0.2) is 42.1 Å². The molecule has 1 aromatic rings. The van der Waals surface area contributed by atoms with Gasteiger partial charge in [-0.1, -0.05) is 18.5 Å². The first-order chi connectivity index (χ1) is 9.90. The highest BCUT2D eigenvalue weighted by molar-refractivity contribution is 6.30. The number of aromatic nitrogens is 1. The average Bonchev–Trinajstić information content (AvgIpc) is 2.43. The fourth-order valence-corrected chi connectivity index (χ4v) is 1.82. The molecule has 0 saturated heterocycles. The SMILES string of the molecule is CC(CCCNC(=O)CN(C)c1ccc(Cl)cn1)C(=O)O. The van der Waals surface area contributed by atoms with Crippen LogP contribution < -0.4 is 10.2 Å². The van der Waals surface area contributed by atoms with Crippen LogP contribution in [0.25, 0.3) is 0 Å². The van der Waals surface area contributed by atoms with Gasteiger partial charge in [0.15, 0.2) is 0 Å². The van der Waals surface area contributed by atoms with Crippen molar-refractivity contribution >= 4 is 29.3 Å². The number of likely N-dealkylation sites (N-methyl/N-ethyl adjacent to an activating group) is 1. The maximum Gasteiger partial charge on any atom is 0.306 e. The van der Waals surface area contributed by atoms with Gasteiger partial charge in [0.2, 0.25) is 5.91 Å². The molecule has 0 radical (unpaired) electrons. The van der Waals surface area contributed by atoms with E-state index in [4.69, 9.17) is 16.7 Å². The molecule has 7 heteroatoms. The quantitative estimate of drug-likeness (QED) is 0.715. The van der Waals surface area contributed by atoms with Crippen molar-refractivity contribution in [1.82, 2.24) is 10.3 Å². The molecule has 1 heterocycles. The van der Waals surface area contributed by atoms with Crippen molar-refractivity contribution in [3.63, 3.8) is 0 Å². The van der Waals surface area contributed by atoms with Gasteiger partial charge >= 0.3 is 5.97 Å². The minimum atomic E-state index is -0.810. The van der Waals surface area contributed by atoms with E-state index in [0.717, 1.165) is 0 Å². The maximum atomic E-state index is 11.7. The minimum Gasteiger partial charge on any atom is -0.481 e. The first-order valence-corrected chi connectivity index (χ1v) is 7.10. The van der Waals surface area contributed by atoms with E-state index in [1.807, 2.05) is 0 Å². The lowest BCUT2D eigenvalue weighted by atomic mass is 10.1. The monoisotopic (exact) mass is 313 g/mol. The summed E-state index contributed by atoms with van der Waals surface area (Å²) >= 11 is 5.75. The van der Waals surface area contributed by atoms with E-state index in [0.29, 0.717) is 30.2 Å². The molecule has 0 aliphatic rings. The number of nitrogens with zero attached hydrogens (tertiary/aromatic N) is 2. The van der Waals surface area contributed by atoms with Crippen LogP contribution in [0, 0.1) is 5.92 Å². The Morgan fingerprint density at radius 2 is 2.19 bits per heavy atom. The van der Waals surface area contributed by atoms with Gasteiger partial charge in [0.1, 0.15) is 5.82 Å². The first kappa shape index (κ1) is 17.2. The molecule has 0 aliphatic carbocycles. The van der Waals surface area contributed by atoms with Crippen LogP contribution in [0.3, 0.4) is 0 Å². The van der Waals surface area contributed by atoms with E-state index in [1.165, 1.54) is 6.20 Å². The van der Waals surface area contributed by atoms with E-state index in [1.54, 1.807) is 31.0 Å². The number of aliphatic carboxylic acids is 1. The number of nitrogens with one attached hydrogen (secondary N) is 1. The first-order valence-electron chi connectivity index (χ1n) is 6.72.